The van der Waals surface area contributed by atoms with E-state index in [-0.39, 0.29) is 0 Å². The second-order valence-corrected chi connectivity index (χ2v) is 3.87. The molecule has 0 unspecified atom stereocenters. The number of hydrogen-bond acceptors (Lipinski definition) is 2. The van der Waals surface area contributed by atoms with Gasteiger partial charge in [0.05, 0.1) is 6.61 Å². The van der Waals surface area contributed by atoms with Crippen molar-refractivity contribution >= 4 is 16.7 Å². The van der Waals surface area contributed by atoms with Crippen molar-refractivity contribution < 1.29 is 9.53 Å². The topological polar surface area (TPSA) is 52.3 Å². The zero-order valence-corrected chi connectivity index (χ0v) is 9.77. The lowest BCUT2D eigenvalue weighted by Gasteiger charge is -2.10. The number of carbonyl (C=O) groups excluding carboxylic acids is 1. The summed E-state index contributed by atoms with van der Waals surface area (Å²) in [6, 6.07) is 11.2. The molecular formula is C14H15NO2. The van der Waals surface area contributed by atoms with Gasteiger partial charge >= 0.3 is 0 Å². The highest BCUT2D eigenvalue weighted by Gasteiger charge is 2.09. The van der Waals surface area contributed by atoms with Crippen LogP contribution in [-0.2, 0) is 0 Å². The van der Waals surface area contributed by atoms with E-state index in [1.807, 2.05) is 24.3 Å². The van der Waals surface area contributed by atoms with Crippen molar-refractivity contribution in [3.05, 3.63) is 42.0 Å². The first kappa shape index (κ1) is 11.5. The van der Waals surface area contributed by atoms with E-state index in [9.17, 15) is 4.79 Å². The van der Waals surface area contributed by atoms with Crippen LogP contribution in [-0.4, -0.2) is 12.5 Å². The van der Waals surface area contributed by atoms with Crippen molar-refractivity contribution in [2.75, 3.05) is 6.61 Å². The van der Waals surface area contributed by atoms with Crippen molar-refractivity contribution in [1.29, 1.82) is 0 Å². The molecule has 3 nitrogen and oxygen atoms in total. The summed E-state index contributed by atoms with van der Waals surface area (Å²) in [5, 5.41) is 1.77. The lowest BCUT2D eigenvalue weighted by Crippen LogP contribution is -2.11. The Kier molecular flexibility index (Phi) is 3.28. The third-order valence-corrected chi connectivity index (χ3v) is 2.61. The second kappa shape index (κ2) is 4.87. The summed E-state index contributed by atoms with van der Waals surface area (Å²) in [6.45, 7) is 2.72. The molecule has 0 fully saturated rings. The molecule has 17 heavy (non-hydrogen) atoms. The molecule has 0 spiro atoms. The van der Waals surface area contributed by atoms with Gasteiger partial charge in [-0.3, -0.25) is 4.79 Å². The van der Waals surface area contributed by atoms with Crippen molar-refractivity contribution in [3.63, 3.8) is 0 Å². The molecule has 0 saturated carbocycles. The van der Waals surface area contributed by atoms with Crippen LogP contribution in [0.25, 0.3) is 10.8 Å². The Hall–Kier alpha value is -2.03. The molecule has 0 aliphatic rings. The summed E-state index contributed by atoms with van der Waals surface area (Å²) in [6.07, 6.45) is 0.950. The Bertz CT molecular complexity index is 549. The average Bonchev–Trinajstić information content (AvgIpc) is 2.35. The maximum Gasteiger partial charge on any atom is 0.249 e. The highest BCUT2D eigenvalue weighted by atomic mass is 16.5. The Labute approximate surface area is 100 Å². The van der Waals surface area contributed by atoms with Crippen LogP contribution in [0.15, 0.2) is 36.4 Å². The predicted molar refractivity (Wildman–Crippen MR) is 68.3 cm³/mol. The fourth-order valence-electron chi connectivity index (χ4n) is 1.82. The largest absolute Gasteiger partial charge is 0.493 e. The molecule has 1 amide bonds. The van der Waals surface area contributed by atoms with Gasteiger partial charge in [0.2, 0.25) is 5.91 Å². The molecule has 0 aliphatic carbocycles. The Morgan fingerprint density at radius 3 is 2.53 bits per heavy atom. The summed E-state index contributed by atoms with van der Waals surface area (Å²) in [5.74, 6) is 0.385. The maximum absolute atomic E-state index is 11.3. The predicted octanol–water partition coefficient (Wildman–Crippen LogP) is 2.73. The van der Waals surface area contributed by atoms with Gasteiger partial charge in [0, 0.05) is 10.9 Å². The number of benzene rings is 2. The van der Waals surface area contributed by atoms with Crippen LogP contribution in [0.3, 0.4) is 0 Å². The van der Waals surface area contributed by atoms with E-state index in [1.54, 1.807) is 12.1 Å². The normalized spacial score (nSPS) is 10.4. The molecular weight excluding hydrogens is 214 g/mol. The SMILES string of the molecule is CCCOc1ccc(C(N)=O)c2ccccc12. The summed E-state index contributed by atoms with van der Waals surface area (Å²) in [4.78, 5) is 11.3. The van der Waals surface area contributed by atoms with Gasteiger partial charge in [0.1, 0.15) is 5.75 Å². The smallest absolute Gasteiger partial charge is 0.249 e. The van der Waals surface area contributed by atoms with E-state index >= 15 is 0 Å². The molecule has 0 radical (unpaired) electrons. The molecule has 0 aliphatic heterocycles. The van der Waals surface area contributed by atoms with Gasteiger partial charge in [-0.15, -0.1) is 0 Å². The lowest BCUT2D eigenvalue weighted by molar-refractivity contribution is 0.100. The summed E-state index contributed by atoms with van der Waals surface area (Å²) in [5.41, 5.74) is 5.88. The minimum absolute atomic E-state index is 0.414. The van der Waals surface area contributed by atoms with Crippen LogP contribution >= 0.6 is 0 Å². The number of fused-ring (bicyclic) bond motifs is 1. The van der Waals surface area contributed by atoms with Crippen molar-refractivity contribution in [2.45, 2.75) is 13.3 Å². The number of hydrogen-bond donors (Lipinski definition) is 1. The van der Waals surface area contributed by atoms with Crippen LogP contribution in [0.2, 0.25) is 0 Å². The first-order valence-corrected chi connectivity index (χ1v) is 5.68. The minimum atomic E-state index is -0.414. The van der Waals surface area contributed by atoms with Crippen LogP contribution in [0.4, 0.5) is 0 Å². The van der Waals surface area contributed by atoms with Crippen molar-refractivity contribution in [2.24, 2.45) is 5.73 Å². The van der Waals surface area contributed by atoms with E-state index in [0.29, 0.717) is 12.2 Å². The van der Waals surface area contributed by atoms with E-state index in [0.717, 1.165) is 22.9 Å². The van der Waals surface area contributed by atoms with Crippen LogP contribution in [0, 0.1) is 0 Å². The van der Waals surface area contributed by atoms with Crippen LogP contribution in [0.5, 0.6) is 5.75 Å². The molecule has 0 heterocycles. The van der Waals surface area contributed by atoms with Gasteiger partial charge in [-0.05, 0) is 23.9 Å². The zero-order valence-electron chi connectivity index (χ0n) is 9.77. The minimum Gasteiger partial charge on any atom is -0.493 e. The molecule has 0 aromatic heterocycles. The molecule has 3 heteroatoms. The molecule has 2 rings (SSSR count). The average molecular weight is 229 g/mol. The molecule has 0 bridgehead atoms. The van der Waals surface area contributed by atoms with Gasteiger partial charge in [-0.25, -0.2) is 0 Å². The fourth-order valence-corrected chi connectivity index (χ4v) is 1.82. The first-order chi connectivity index (χ1) is 8.24. The molecule has 88 valence electrons. The third kappa shape index (κ3) is 2.23. The van der Waals surface area contributed by atoms with E-state index < -0.39 is 5.91 Å². The number of ether oxygens (including phenoxy) is 1. The van der Waals surface area contributed by atoms with Gasteiger partial charge in [0.25, 0.3) is 0 Å². The standard InChI is InChI=1S/C14H15NO2/c1-2-9-17-13-8-7-12(14(15)16)10-5-3-4-6-11(10)13/h3-8H,2,9H2,1H3,(H2,15,16). The Balaban J connectivity index is 2.58. The van der Waals surface area contributed by atoms with Gasteiger partial charge in [-0.1, -0.05) is 31.2 Å². The Morgan fingerprint density at radius 2 is 1.88 bits per heavy atom. The monoisotopic (exact) mass is 229 g/mol. The number of rotatable bonds is 4. The fraction of sp³-hybridized carbons (Fsp3) is 0.214. The van der Waals surface area contributed by atoms with E-state index in [4.69, 9.17) is 10.5 Å². The third-order valence-electron chi connectivity index (χ3n) is 2.61. The number of primary amides is 1. The van der Waals surface area contributed by atoms with Gasteiger partial charge in [-0.2, -0.15) is 0 Å². The Morgan fingerprint density at radius 1 is 1.18 bits per heavy atom. The molecule has 0 atom stereocenters. The van der Waals surface area contributed by atoms with Crippen LogP contribution in [0.1, 0.15) is 23.7 Å². The molecule has 2 N–H and O–H groups in total. The van der Waals surface area contributed by atoms with Crippen molar-refractivity contribution in [1.82, 2.24) is 0 Å². The first-order valence-electron chi connectivity index (χ1n) is 5.68. The number of nitrogens with two attached hydrogens (primary N) is 1. The highest BCUT2D eigenvalue weighted by molar-refractivity contribution is 6.07. The quantitative estimate of drug-likeness (QED) is 0.876. The number of carbonyl (C=O) groups is 1. The second-order valence-electron chi connectivity index (χ2n) is 3.87. The molecule has 2 aromatic carbocycles. The lowest BCUT2D eigenvalue weighted by atomic mass is 10.0. The van der Waals surface area contributed by atoms with E-state index in [1.165, 1.54) is 0 Å². The summed E-state index contributed by atoms with van der Waals surface area (Å²) in [7, 11) is 0. The van der Waals surface area contributed by atoms with Crippen molar-refractivity contribution in [3.8, 4) is 5.75 Å². The molecule has 2 aromatic rings. The van der Waals surface area contributed by atoms with E-state index in [2.05, 4.69) is 6.92 Å². The van der Waals surface area contributed by atoms with Crippen LogP contribution < -0.4 is 10.5 Å². The number of amides is 1. The van der Waals surface area contributed by atoms with Gasteiger partial charge < -0.3 is 10.5 Å². The maximum atomic E-state index is 11.3. The van der Waals surface area contributed by atoms with Gasteiger partial charge in [0.15, 0.2) is 0 Å². The summed E-state index contributed by atoms with van der Waals surface area (Å²) < 4.78 is 5.65. The molecule has 0 saturated heterocycles. The highest BCUT2D eigenvalue weighted by Crippen LogP contribution is 2.28. The summed E-state index contributed by atoms with van der Waals surface area (Å²) >= 11 is 0. The zero-order chi connectivity index (χ0) is 12.3.